The van der Waals surface area contributed by atoms with Crippen LogP contribution in [0.5, 0.6) is 0 Å². The molecule has 1 N–H and O–H groups in total. The lowest BCUT2D eigenvalue weighted by atomic mass is 9.50. The van der Waals surface area contributed by atoms with Crippen molar-refractivity contribution in [3.63, 3.8) is 0 Å². The number of hydrogen-bond donors (Lipinski definition) is 1. The van der Waals surface area contributed by atoms with Crippen LogP contribution in [-0.4, -0.2) is 40.1 Å². The smallest absolute Gasteiger partial charge is 0.200 e. The zero-order chi connectivity index (χ0) is 17.4. The lowest BCUT2D eigenvalue weighted by Gasteiger charge is -2.62. The molecule has 134 valence electrons. The van der Waals surface area contributed by atoms with Crippen LogP contribution >= 0.6 is 0 Å². The van der Waals surface area contributed by atoms with Gasteiger partial charge in [-0.1, -0.05) is 0 Å². The van der Waals surface area contributed by atoms with Gasteiger partial charge in [0.15, 0.2) is 0 Å². The summed E-state index contributed by atoms with van der Waals surface area (Å²) in [5.41, 5.74) is 3.03. The summed E-state index contributed by atoms with van der Waals surface area (Å²) in [6, 6.07) is 2.10. The van der Waals surface area contributed by atoms with Gasteiger partial charge in [-0.15, -0.1) is 10.2 Å². The highest BCUT2D eigenvalue weighted by Crippen LogP contribution is 2.61. The van der Waals surface area contributed by atoms with Gasteiger partial charge in [0.1, 0.15) is 19.0 Å². The summed E-state index contributed by atoms with van der Waals surface area (Å²) in [5.74, 6) is 1.51. The number of aryl methyl sites for hydroxylation is 1. The summed E-state index contributed by atoms with van der Waals surface area (Å²) in [6.45, 7) is 2.02. The number of anilines is 1. The standard InChI is InChI=1S/C18H22N8/c1-12-2-15(16-23-20-11-25(16)24-12)22-17-4-13-3-14(5-17)7-18(6-13,8-17)26-10-19-9-21-26/h2,9-11,13-14,22H,3-8H2,1H3. The maximum Gasteiger partial charge on any atom is 0.200 e. The molecule has 0 saturated heterocycles. The van der Waals surface area contributed by atoms with Gasteiger partial charge in [0, 0.05) is 5.54 Å². The van der Waals surface area contributed by atoms with Crippen molar-refractivity contribution in [1.29, 1.82) is 0 Å². The average Bonchev–Trinajstić information content (AvgIpc) is 3.25. The highest BCUT2D eigenvalue weighted by atomic mass is 15.4. The fraction of sp³-hybridized carbons (Fsp3) is 0.611. The Bertz CT molecular complexity index is 960. The first kappa shape index (κ1) is 14.6. The van der Waals surface area contributed by atoms with Crippen LogP contribution in [0.25, 0.3) is 5.65 Å². The third-order valence-corrected chi connectivity index (χ3v) is 6.72. The Morgan fingerprint density at radius 1 is 1.15 bits per heavy atom. The summed E-state index contributed by atoms with van der Waals surface area (Å²) in [7, 11) is 0. The highest BCUT2D eigenvalue weighted by Gasteiger charge is 2.59. The Morgan fingerprint density at radius 3 is 2.77 bits per heavy atom. The fourth-order valence-corrected chi connectivity index (χ4v) is 6.41. The molecule has 7 rings (SSSR count). The number of fused-ring (bicyclic) bond motifs is 1. The Hall–Kier alpha value is -2.51. The summed E-state index contributed by atoms with van der Waals surface area (Å²) in [5, 5.41) is 21.3. The second kappa shape index (κ2) is 4.81. The maximum atomic E-state index is 4.54. The lowest BCUT2D eigenvalue weighted by molar-refractivity contribution is -0.0557. The summed E-state index contributed by atoms with van der Waals surface area (Å²) < 4.78 is 3.91. The van der Waals surface area contributed by atoms with Gasteiger partial charge >= 0.3 is 0 Å². The van der Waals surface area contributed by atoms with E-state index in [1.165, 1.54) is 32.1 Å². The van der Waals surface area contributed by atoms with Gasteiger partial charge in [-0.2, -0.15) is 14.7 Å². The van der Waals surface area contributed by atoms with E-state index in [1.807, 2.05) is 13.3 Å². The molecule has 2 atom stereocenters. The van der Waals surface area contributed by atoms with Crippen molar-refractivity contribution in [2.45, 2.75) is 56.5 Å². The first-order valence-electron chi connectivity index (χ1n) is 9.44. The molecule has 4 fully saturated rings. The quantitative estimate of drug-likeness (QED) is 0.779. The van der Waals surface area contributed by atoms with Crippen LogP contribution in [0, 0.1) is 18.8 Å². The molecule has 0 spiro atoms. The van der Waals surface area contributed by atoms with E-state index in [-0.39, 0.29) is 11.1 Å². The predicted octanol–water partition coefficient (Wildman–Crippen LogP) is 2.18. The van der Waals surface area contributed by atoms with E-state index in [0.29, 0.717) is 0 Å². The van der Waals surface area contributed by atoms with E-state index >= 15 is 0 Å². The van der Waals surface area contributed by atoms with Gasteiger partial charge in [0.05, 0.1) is 16.9 Å². The zero-order valence-electron chi connectivity index (χ0n) is 14.8. The first-order chi connectivity index (χ1) is 12.6. The van der Waals surface area contributed by atoms with E-state index in [1.54, 1.807) is 17.2 Å². The summed E-state index contributed by atoms with van der Waals surface area (Å²) in [6.07, 6.45) is 12.6. The Balaban J connectivity index is 1.43. The predicted molar refractivity (Wildman–Crippen MR) is 94.6 cm³/mol. The van der Waals surface area contributed by atoms with Crippen molar-refractivity contribution >= 4 is 11.3 Å². The van der Waals surface area contributed by atoms with Gasteiger partial charge in [-0.3, -0.25) is 0 Å². The molecule has 0 radical (unpaired) electrons. The minimum absolute atomic E-state index is 0.0935. The minimum Gasteiger partial charge on any atom is -0.376 e. The molecule has 8 heteroatoms. The number of rotatable bonds is 3. The van der Waals surface area contributed by atoms with Crippen molar-refractivity contribution in [3.05, 3.63) is 30.7 Å². The molecule has 4 saturated carbocycles. The lowest BCUT2D eigenvalue weighted by Crippen LogP contribution is -2.62. The third kappa shape index (κ3) is 1.98. The number of aromatic nitrogens is 7. The normalized spacial score (nSPS) is 35.3. The van der Waals surface area contributed by atoms with Crippen molar-refractivity contribution in [2.24, 2.45) is 11.8 Å². The second-order valence-corrected chi connectivity index (χ2v) is 8.73. The molecule has 3 heterocycles. The van der Waals surface area contributed by atoms with E-state index in [0.717, 1.165) is 35.3 Å². The molecule has 4 aliphatic rings. The topological polar surface area (TPSA) is 85.8 Å². The molecular formula is C18H22N8. The van der Waals surface area contributed by atoms with Gasteiger partial charge in [0.25, 0.3) is 0 Å². The van der Waals surface area contributed by atoms with Crippen molar-refractivity contribution < 1.29 is 0 Å². The molecule has 3 aromatic heterocycles. The van der Waals surface area contributed by atoms with Crippen molar-refractivity contribution in [2.75, 3.05) is 5.32 Å². The minimum atomic E-state index is 0.0935. The van der Waals surface area contributed by atoms with E-state index < -0.39 is 0 Å². The second-order valence-electron chi connectivity index (χ2n) is 8.73. The number of nitrogens with zero attached hydrogens (tertiary/aromatic N) is 7. The van der Waals surface area contributed by atoms with Gasteiger partial charge in [-0.05, 0) is 63.4 Å². The molecule has 26 heavy (non-hydrogen) atoms. The molecule has 3 aromatic rings. The van der Waals surface area contributed by atoms with Crippen LogP contribution in [0.15, 0.2) is 25.0 Å². The highest BCUT2D eigenvalue weighted by molar-refractivity contribution is 5.67. The van der Waals surface area contributed by atoms with E-state index in [2.05, 4.69) is 41.4 Å². The van der Waals surface area contributed by atoms with Gasteiger partial charge in [-0.25, -0.2) is 9.67 Å². The molecule has 0 aromatic carbocycles. The first-order valence-corrected chi connectivity index (χ1v) is 9.44. The molecular weight excluding hydrogens is 328 g/mol. The Labute approximate surface area is 151 Å². The van der Waals surface area contributed by atoms with Gasteiger partial charge < -0.3 is 5.32 Å². The number of hydrogen-bond acceptors (Lipinski definition) is 6. The monoisotopic (exact) mass is 350 g/mol. The molecule has 4 aliphatic carbocycles. The largest absolute Gasteiger partial charge is 0.376 e. The van der Waals surface area contributed by atoms with Gasteiger partial charge in [0.2, 0.25) is 5.65 Å². The molecule has 0 amide bonds. The van der Waals surface area contributed by atoms with Crippen LogP contribution in [0.1, 0.15) is 44.2 Å². The Morgan fingerprint density at radius 2 is 2.00 bits per heavy atom. The third-order valence-electron chi connectivity index (χ3n) is 6.72. The molecule has 8 nitrogen and oxygen atoms in total. The van der Waals surface area contributed by atoms with Crippen LogP contribution < -0.4 is 5.32 Å². The zero-order valence-corrected chi connectivity index (χ0v) is 14.8. The van der Waals surface area contributed by atoms with Crippen LogP contribution in [0.4, 0.5) is 5.69 Å². The van der Waals surface area contributed by atoms with Crippen LogP contribution in [0.3, 0.4) is 0 Å². The van der Waals surface area contributed by atoms with Crippen LogP contribution in [-0.2, 0) is 5.54 Å². The van der Waals surface area contributed by atoms with Crippen LogP contribution in [0.2, 0.25) is 0 Å². The number of nitrogens with one attached hydrogen (secondary N) is 1. The van der Waals surface area contributed by atoms with E-state index in [4.69, 9.17) is 0 Å². The van der Waals surface area contributed by atoms with E-state index in [9.17, 15) is 0 Å². The SMILES string of the molecule is Cc1cc(NC23CC4CC(C2)CC(n2cncn2)(C4)C3)c2nncn2n1. The molecule has 0 aliphatic heterocycles. The fourth-order valence-electron chi connectivity index (χ4n) is 6.41. The molecule has 4 bridgehead atoms. The summed E-state index contributed by atoms with van der Waals surface area (Å²) in [4.78, 5) is 4.23. The molecule has 2 unspecified atom stereocenters. The van der Waals surface area contributed by atoms with Crippen molar-refractivity contribution in [3.8, 4) is 0 Å². The average molecular weight is 350 g/mol. The Kier molecular flexibility index (Phi) is 2.71. The summed E-state index contributed by atoms with van der Waals surface area (Å²) >= 11 is 0. The maximum absolute atomic E-state index is 4.54. The van der Waals surface area contributed by atoms with Crippen molar-refractivity contribution in [1.82, 2.24) is 34.6 Å².